The first-order chi connectivity index (χ1) is 10.1. The van der Waals surface area contributed by atoms with E-state index in [1.54, 1.807) is 42.8 Å². The number of hydrogen-bond acceptors (Lipinski definition) is 4. The predicted molar refractivity (Wildman–Crippen MR) is 81.0 cm³/mol. The molecule has 114 valence electrons. The zero-order valence-corrected chi connectivity index (χ0v) is 12.8. The highest BCUT2D eigenvalue weighted by Gasteiger charge is 2.17. The molecule has 0 fully saturated rings. The van der Waals surface area contributed by atoms with Gasteiger partial charge >= 0.3 is 5.69 Å². The highest BCUT2D eigenvalue weighted by atomic mass is 16.5. The van der Waals surface area contributed by atoms with Gasteiger partial charge in [0.1, 0.15) is 11.5 Å². The number of benzene rings is 1. The average molecular weight is 291 g/mol. The van der Waals surface area contributed by atoms with Crippen LogP contribution < -0.4 is 20.5 Å². The molecule has 0 bridgehead atoms. The summed E-state index contributed by atoms with van der Waals surface area (Å²) in [6.07, 6.45) is 3.52. The molecule has 0 saturated carbocycles. The first-order valence-electron chi connectivity index (χ1n) is 6.71. The largest absolute Gasteiger partial charge is 0.497 e. The smallest absolute Gasteiger partial charge is 0.327 e. The number of aryl methyl sites for hydroxylation is 1. The molecule has 1 N–H and O–H groups in total. The maximum absolute atomic E-state index is 12.0. The molecule has 6 heteroatoms. The van der Waals surface area contributed by atoms with Crippen molar-refractivity contribution >= 4 is 0 Å². The lowest BCUT2D eigenvalue weighted by Gasteiger charge is -2.20. The molecule has 1 atom stereocenters. The number of methoxy groups -OCH3 is 2. The SMILES string of the molecule is CNC(Cn1ccn(C)c1=O)c1cc(OC)ccc1OC. The summed E-state index contributed by atoms with van der Waals surface area (Å²) in [5.41, 5.74) is 0.909. The van der Waals surface area contributed by atoms with E-state index >= 15 is 0 Å². The van der Waals surface area contributed by atoms with Gasteiger partial charge in [0.15, 0.2) is 0 Å². The summed E-state index contributed by atoms with van der Waals surface area (Å²) in [4.78, 5) is 12.0. The van der Waals surface area contributed by atoms with Crippen molar-refractivity contribution < 1.29 is 9.47 Å². The van der Waals surface area contributed by atoms with Crippen molar-refractivity contribution in [1.82, 2.24) is 14.5 Å². The van der Waals surface area contributed by atoms with Gasteiger partial charge < -0.3 is 19.4 Å². The van der Waals surface area contributed by atoms with Gasteiger partial charge in [-0.1, -0.05) is 0 Å². The summed E-state index contributed by atoms with van der Waals surface area (Å²) in [6.45, 7) is 0.514. The Balaban J connectivity index is 2.36. The minimum atomic E-state index is -0.0600. The first kappa shape index (κ1) is 15.2. The summed E-state index contributed by atoms with van der Waals surface area (Å²) in [5, 5.41) is 3.22. The number of ether oxygens (including phenoxy) is 2. The third-order valence-electron chi connectivity index (χ3n) is 3.56. The predicted octanol–water partition coefficient (Wildman–Crippen LogP) is 1.16. The lowest BCUT2D eigenvalue weighted by Crippen LogP contribution is -2.29. The normalized spacial score (nSPS) is 12.2. The number of hydrogen-bond donors (Lipinski definition) is 1. The molecule has 0 spiro atoms. The minimum absolute atomic E-state index is 0.0443. The number of nitrogens with zero attached hydrogens (tertiary/aromatic N) is 2. The van der Waals surface area contributed by atoms with Crippen molar-refractivity contribution in [3.05, 3.63) is 46.6 Å². The van der Waals surface area contributed by atoms with Crippen molar-refractivity contribution in [3.8, 4) is 11.5 Å². The Bertz CT molecular complexity index is 660. The van der Waals surface area contributed by atoms with Gasteiger partial charge in [-0.3, -0.25) is 4.57 Å². The Hall–Kier alpha value is -2.21. The Morgan fingerprint density at radius 2 is 2.00 bits per heavy atom. The average Bonchev–Trinajstić information content (AvgIpc) is 2.83. The highest BCUT2D eigenvalue weighted by Crippen LogP contribution is 2.29. The third kappa shape index (κ3) is 3.11. The fourth-order valence-corrected chi connectivity index (χ4v) is 2.30. The number of likely N-dealkylation sites (N-methyl/N-ethyl adjacent to an activating group) is 1. The number of aromatic nitrogens is 2. The van der Waals surface area contributed by atoms with Crippen LogP contribution in [0.3, 0.4) is 0 Å². The van der Waals surface area contributed by atoms with Gasteiger partial charge in [-0.15, -0.1) is 0 Å². The van der Waals surface area contributed by atoms with Crippen LogP contribution in [0.2, 0.25) is 0 Å². The Morgan fingerprint density at radius 3 is 2.52 bits per heavy atom. The van der Waals surface area contributed by atoms with Crippen molar-refractivity contribution in [2.75, 3.05) is 21.3 Å². The molecule has 0 radical (unpaired) electrons. The zero-order valence-electron chi connectivity index (χ0n) is 12.8. The van der Waals surface area contributed by atoms with Crippen molar-refractivity contribution in [2.24, 2.45) is 7.05 Å². The van der Waals surface area contributed by atoms with E-state index in [2.05, 4.69) is 5.32 Å². The lowest BCUT2D eigenvalue weighted by atomic mass is 10.1. The maximum Gasteiger partial charge on any atom is 0.327 e. The monoisotopic (exact) mass is 291 g/mol. The summed E-state index contributed by atoms with van der Waals surface area (Å²) in [5.74, 6) is 1.52. The number of nitrogens with one attached hydrogen (secondary N) is 1. The van der Waals surface area contributed by atoms with Crippen molar-refractivity contribution in [1.29, 1.82) is 0 Å². The maximum atomic E-state index is 12.0. The molecule has 0 amide bonds. The molecular weight excluding hydrogens is 270 g/mol. The van der Waals surface area contributed by atoms with Crippen LogP contribution in [0, 0.1) is 0 Å². The van der Waals surface area contributed by atoms with Gasteiger partial charge in [-0.05, 0) is 25.2 Å². The van der Waals surface area contributed by atoms with E-state index in [4.69, 9.17) is 9.47 Å². The standard InChI is InChI=1S/C15H21N3O3/c1-16-13(10-18-8-7-17(2)15(18)19)12-9-11(20-3)5-6-14(12)21-4/h5-9,13,16H,10H2,1-4H3. The van der Waals surface area contributed by atoms with Crippen LogP contribution in [0.4, 0.5) is 0 Å². The van der Waals surface area contributed by atoms with Crippen LogP contribution in [0.15, 0.2) is 35.4 Å². The van der Waals surface area contributed by atoms with Gasteiger partial charge in [0, 0.05) is 31.5 Å². The van der Waals surface area contributed by atoms with E-state index in [1.807, 2.05) is 25.2 Å². The van der Waals surface area contributed by atoms with E-state index in [-0.39, 0.29) is 11.7 Å². The molecule has 0 saturated heterocycles. The van der Waals surface area contributed by atoms with E-state index < -0.39 is 0 Å². The lowest BCUT2D eigenvalue weighted by molar-refractivity contribution is 0.384. The van der Waals surface area contributed by atoms with E-state index in [0.717, 1.165) is 17.1 Å². The molecule has 0 aliphatic carbocycles. The summed E-state index contributed by atoms with van der Waals surface area (Å²) < 4.78 is 13.9. The summed E-state index contributed by atoms with van der Waals surface area (Å²) in [6, 6.07) is 5.58. The van der Waals surface area contributed by atoms with Gasteiger partial charge in [-0.25, -0.2) is 4.79 Å². The molecule has 1 unspecified atom stereocenters. The van der Waals surface area contributed by atoms with Crippen molar-refractivity contribution in [3.63, 3.8) is 0 Å². The van der Waals surface area contributed by atoms with Crippen LogP contribution in [0.5, 0.6) is 11.5 Å². The molecule has 1 heterocycles. The van der Waals surface area contributed by atoms with E-state index in [9.17, 15) is 4.79 Å². The molecular formula is C15H21N3O3. The second-order valence-electron chi connectivity index (χ2n) is 4.79. The second kappa shape index (κ2) is 6.49. The van der Waals surface area contributed by atoms with Crippen LogP contribution in [-0.2, 0) is 13.6 Å². The summed E-state index contributed by atoms with van der Waals surface area (Å²) in [7, 11) is 6.85. The number of imidazole rings is 1. The van der Waals surface area contributed by atoms with Crippen LogP contribution >= 0.6 is 0 Å². The third-order valence-corrected chi connectivity index (χ3v) is 3.56. The molecule has 6 nitrogen and oxygen atoms in total. The highest BCUT2D eigenvalue weighted by molar-refractivity contribution is 5.42. The van der Waals surface area contributed by atoms with Gasteiger partial charge in [0.2, 0.25) is 0 Å². The molecule has 1 aromatic heterocycles. The molecule has 2 rings (SSSR count). The van der Waals surface area contributed by atoms with E-state index in [0.29, 0.717) is 6.54 Å². The Morgan fingerprint density at radius 1 is 1.24 bits per heavy atom. The topological polar surface area (TPSA) is 57.4 Å². The summed E-state index contributed by atoms with van der Waals surface area (Å²) >= 11 is 0. The van der Waals surface area contributed by atoms with E-state index in [1.165, 1.54) is 0 Å². The fraction of sp³-hybridized carbons (Fsp3) is 0.400. The van der Waals surface area contributed by atoms with Crippen LogP contribution in [0.1, 0.15) is 11.6 Å². The number of rotatable bonds is 6. The first-order valence-corrected chi connectivity index (χ1v) is 6.71. The molecule has 2 aromatic rings. The molecule has 0 aliphatic rings. The van der Waals surface area contributed by atoms with Crippen LogP contribution in [-0.4, -0.2) is 30.4 Å². The van der Waals surface area contributed by atoms with Gasteiger partial charge in [-0.2, -0.15) is 0 Å². The fourth-order valence-electron chi connectivity index (χ4n) is 2.30. The molecule has 21 heavy (non-hydrogen) atoms. The van der Waals surface area contributed by atoms with Crippen LogP contribution in [0.25, 0.3) is 0 Å². The minimum Gasteiger partial charge on any atom is -0.497 e. The zero-order chi connectivity index (χ0) is 15.4. The second-order valence-corrected chi connectivity index (χ2v) is 4.79. The van der Waals surface area contributed by atoms with Crippen molar-refractivity contribution in [2.45, 2.75) is 12.6 Å². The Kier molecular flexibility index (Phi) is 4.70. The van der Waals surface area contributed by atoms with Gasteiger partial charge in [0.05, 0.1) is 20.3 Å². The Labute approximate surface area is 123 Å². The quantitative estimate of drug-likeness (QED) is 0.868. The molecule has 0 aliphatic heterocycles. The van der Waals surface area contributed by atoms with Gasteiger partial charge in [0.25, 0.3) is 0 Å². The molecule has 1 aromatic carbocycles.